The van der Waals surface area contributed by atoms with Crippen LogP contribution < -0.4 is 5.32 Å². The molecule has 0 amide bonds. The predicted octanol–water partition coefficient (Wildman–Crippen LogP) is 2.59. The summed E-state index contributed by atoms with van der Waals surface area (Å²) < 4.78 is 11.5. The molecule has 2 fully saturated rings. The van der Waals surface area contributed by atoms with E-state index in [4.69, 9.17) is 9.47 Å². The van der Waals surface area contributed by atoms with Crippen LogP contribution in [0.4, 0.5) is 0 Å². The maximum Gasteiger partial charge on any atom is 0.0655 e. The van der Waals surface area contributed by atoms with Crippen molar-refractivity contribution in [2.45, 2.75) is 65.2 Å². The average molecular weight is 255 g/mol. The van der Waals surface area contributed by atoms with Crippen LogP contribution in [0.3, 0.4) is 0 Å². The van der Waals surface area contributed by atoms with E-state index in [0.29, 0.717) is 24.2 Å². The van der Waals surface area contributed by atoms with Crippen molar-refractivity contribution >= 4 is 0 Å². The number of ether oxygens (including phenoxy) is 2. The molecule has 106 valence electrons. The molecule has 1 N–H and O–H groups in total. The molecule has 1 aliphatic heterocycles. The van der Waals surface area contributed by atoms with Gasteiger partial charge in [0.25, 0.3) is 0 Å². The number of nitrogens with one attached hydrogen (secondary N) is 1. The van der Waals surface area contributed by atoms with Crippen molar-refractivity contribution in [3.8, 4) is 0 Å². The van der Waals surface area contributed by atoms with Crippen LogP contribution in [0.5, 0.6) is 0 Å². The molecule has 18 heavy (non-hydrogen) atoms. The van der Waals surface area contributed by atoms with Gasteiger partial charge >= 0.3 is 0 Å². The van der Waals surface area contributed by atoms with Crippen LogP contribution in [0.15, 0.2) is 0 Å². The van der Waals surface area contributed by atoms with E-state index in [1.54, 1.807) is 0 Å². The molecule has 0 bridgehead atoms. The molecule has 0 aromatic rings. The third kappa shape index (κ3) is 2.73. The topological polar surface area (TPSA) is 30.5 Å². The van der Waals surface area contributed by atoms with Crippen molar-refractivity contribution in [3.63, 3.8) is 0 Å². The second-order valence-electron chi connectivity index (χ2n) is 6.33. The van der Waals surface area contributed by atoms with Crippen molar-refractivity contribution in [2.75, 3.05) is 19.8 Å². The van der Waals surface area contributed by atoms with Crippen molar-refractivity contribution in [2.24, 2.45) is 11.3 Å². The molecular weight excluding hydrogens is 226 g/mol. The standard InChI is InChI=1S/C15H29NO2/c1-5-12-11(7-8-18-12)10-16-13-9-14(17-6-2)15(13,3)4/h11-14,16H,5-10H2,1-4H3. The Kier molecular flexibility index (Phi) is 4.68. The fraction of sp³-hybridized carbons (Fsp3) is 1.00. The number of rotatable bonds is 6. The molecule has 0 aromatic heterocycles. The zero-order valence-electron chi connectivity index (χ0n) is 12.4. The fourth-order valence-electron chi connectivity index (χ4n) is 3.39. The van der Waals surface area contributed by atoms with E-state index in [9.17, 15) is 0 Å². The van der Waals surface area contributed by atoms with Crippen LogP contribution in [0.2, 0.25) is 0 Å². The average Bonchev–Trinajstić information content (AvgIpc) is 2.80. The third-order valence-electron chi connectivity index (χ3n) is 4.92. The summed E-state index contributed by atoms with van der Waals surface area (Å²) in [6.45, 7) is 11.8. The molecule has 2 rings (SSSR count). The summed E-state index contributed by atoms with van der Waals surface area (Å²) in [6, 6.07) is 0.604. The van der Waals surface area contributed by atoms with Gasteiger partial charge in [-0.15, -0.1) is 0 Å². The Morgan fingerprint density at radius 1 is 1.33 bits per heavy atom. The highest BCUT2D eigenvalue weighted by molar-refractivity contribution is 5.03. The highest BCUT2D eigenvalue weighted by Gasteiger charge is 2.48. The summed E-state index contributed by atoms with van der Waals surface area (Å²) in [7, 11) is 0. The smallest absolute Gasteiger partial charge is 0.0655 e. The first kappa shape index (κ1) is 14.3. The zero-order chi connectivity index (χ0) is 13.2. The van der Waals surface area contributed by atoms with Gasteiger partial charge in [-0.2, -0.15) is 0 Å². The second-order valence-corrected chi connectivity index (χ2v) is 6.33. The van der Waals surface area contributed by atoms with E-state index >= 15 is 0 Å². The molecule has 1 saturated heterocycles. The van der Waals surface area contributed by atoms with Gasteiger partial charge in [0.2, 0.25) is 0 Å². The Hall–Kier alpha value is -0.120. The molecule has 4 atom stereocenters. The first-order chi connectivity index (χ1) is 8.59. The largest absolute Gasteiger partial charge is 0.378 e. The monoisotopic (exact) mass is 255 g/mol. The van der Waals surface area contributed by atoms with Crippen molar-refractivity contribution in [1.29, 1.82) is 0 Å². The van der Waals surface area contributed by atoms with Crippen LogP contribution in [0.1, 0.15) is 47.0 Å². The van der Waals surface area contributed by atoms with E-state index in [0.717, 1.165) is 32.6 Å². The lowest BCUT2D eigenvalue weighted by atomic mass is 9.64. The van der Waals surface area contributed by atoms with Gasteiger partial charge in [0, 0.05) is 31.2 Å². The predicted molar refractivity (Wildman–Crippen MR) is 73.7 cm³/mol. The van der Waals surface area contributed by atoms with E-state index in [1.165, 1.54) is 6.42 Å². The lowest BCUT2D eigenvalue weighted by Gasteiger charge is -2.52. The minimum Gasteiger partial charge on any atom is -0.378 e. The van der Waals surface area contributed by atoms with Crippen molar-refractivity contribution in [1.82, 2.24) is 5.32 Å². The molecule has 0 radical (unpaired) electrons. The van der Waals surface area contributed by atoms with Crippen LogP contribution in [-0.4, -0.2) is 38.0 Å². The maximum atomic E-state index is 5.77. The summed E-state index contributed by atoms with van der Waals surface area (Å²) in [5, 5.41) is 3.74. The van der Waals surface area contributed by atoms with E-state index in [1.807, 2.05) is 0 Å². The van der Waals surface area contributed by atoms with Crippen LogP contribution in [0.25, 0.3) is 0 Å². The molecule has 0 spiro atoms. The van der Waals surface area contributed by atoms with E-state index in [2.05, 4.69) is 33.0 Å². The number of hydrogen-bond donors (Lipinski definition) is 1. The first-order valence-corrected chi connectivity index (χ1v) is 7.56. The highest BCUT2D eigenvalue weighted by atomic mass is 16.5. The summed E-state index contributed by atoms with van der Waals surface area (Å²) in [4.78, 5) is 0. The Morgan fingerprint density at radius 2 is 2.11 bits per heavy atom. The second kappa shape index (κ2) is 5.89. The van der Waals surface area contributed by atoms with Gasteiger partial charge in [-0.3, -0.25) is 0 Å². The van der Waals surface area contributed by atoms with Crippen LogP contribution >= 0.6 is 0 Å². The summed E-state index contributed by atoms with van der Waals surface area (Å²) in [5.74, 6) is 0.706. The molecule has 3 nitrogen and oxygen atoms in total. The van der Waals surface area contributed by atoms with Gasteiger partial charge in [-0.05, 0) is 32.1 Å². The summed E-state index contributed by atoms with van der Waals surface area (Å²) in [5.41, 5.74) is 0.275. The number of hydrogen-bond acceptors (Lipinski definition) is 3. The summed E-state index contributed by atoms with van der Waals surface area (Å²) in [6.07, 6.45) is 4.42. The molecule has 2 aliphatic rings. The molecule has 1 heterocycles. The normalized spacial score (nSPS) is 38.7. The molecule has 3 heteroatoms. The van der Waals surface area contributed by atoms with Crippen LogP contribution in [0, 0.1) is 11.3 Å². The van der Waals surface area contributed by atoms with Crippen molar-refractivity contribution < 1.29 is 9.47 Å². The lowest BCUT2D eigenvalue weighted by molar-refractivity contribution is -0.114. The van der Waals surface area contributed by atoms with Gasteiger partial charge in [-0.1, -0.05) is 20.8 Å². The highest BCUT2D eigenvalue weighted by Crippen LogP contribution is 2.42. The lowest BCUT2D eigenvalue weighted by Crippen LogP contribution is -2.61. The quantitative estimate of drug-likeness (QED) is 0.791. The first-order valence-electron chi connectivity index (χ1n) is 7.56. The molecular formula is C15H29NO2. The van der Waals surface area contributed by atoms with Crippen molar-refractivity contribution in [3.05, 3.63) is 0 Å². The van der Waals surface area contributed by atoms with E-state index < -0.39 is 0 Å². The molecule has 0 aromatic carbocycles. The minimum atomic E-state index is 0.275. The molecule has 1 aliphatic carbocycles. The summed E-state index contributed by atoms with van der Waals surface area (Å²) >= 11 is 0. The molecule has 4 unspecified atom stereocenters. The Balaban J connectivity index is 1.75. The minimum absolute atomic E-state index is 0.275. The third-order valence-corrected chi connectivity index (χ3v) is 4.92. The van der Waals surface area contributed by atoms with Gasteiger partial charge in [0.05, 0.1) is 12.2 Å². The fourth-order valence-corrected chi connectivity index (χ4v) is 3.39. The van der Waals surface area contributed by atoms with Gasteiger partial charge in [-0.25, -0.2) is 0 Å². The van der Waals surface area contributed by atoms with Gasteiger partial charge < -0.3 is 14.8 Å². The molecule has 1 saturated carbocycles. The maximum absolute atomic E-state index is 5.77. The Labute approximate surface area is 112 Å². The Bertz CT molecular complexity index is 267. The van der Waals surface area contributed by atoms with Gasteiger partial charge in [0.15, 0.2) is 0 Å². The van der Waals surface area contributed by atoms with Gasteiger partial charge in [0.1, 0.15) is 0 Å². The SMILES string of the molecule is CCOC1CC(NCC2CCOC2CC)C1(C)C. The Morgan fingerprint density at radius 3 is 2.72 bits per heavy atom. The zero-order valence-corrected chi connectivity index (χ0v) is 12.4. The van der Waals surface area contributed by atoms with Crippen LogP contribution in [-0.2, 0) is 9.47 Å². The van der Waals surface area contributed by atoms with E-state index in [-0.39, 0.29) is 5.41 Å².